The van der Waals surface area contributed by atoms with E-state index in [9.17, 15) is 5.11 Å². The molecule has 2 aliphatic rings. The molecule has 26 heavy (non-hydrogen) atoms. The Labute approximate surface area is 164 Å². The molecule has 1 fully saturated rings. The van der Waals surface area contributed by atoms with E-state index in [0.29, 0.717) is 21.9 Å². The van der Waals surface area contributed by atoms with Gasteiger partial charge in [-0.3, -0.25) is 0 Å². The Balaban J connectivity index is 1.70. The number of aliphatic hydroxyl groups is 1. The summed E-state index contributed by atoms with van der Waals surface area (Å²) in [6, 6.07) is 5.80. The van der Waals surface area contributed by atoms with Crippen LogP contribution in [0, 0.1) is 0 Å². The van der Waals surface area contributed by atoms with Crippen molar-refractivity contribution in [2.24, 2.45) is 0 Å². The molecule has 0 amide bonds. The van der Waals surface area contributed by atoms with E-state index in [2.05, 4.69) is 5.32 Å². The predicted octanol–water partition coefficient (Wildman–Crippen LogP) is 5.04. The second kappa shape index (κ2) is 7.71. The second-order valence-electron chi connectivity index (χ2n) is 7.34. The molecule has 4 nitrogen and oxygen atoms in total. The number of hydrogen-bond donors (Lipinski definition) is 2. The Morgan fingerprint density at radius 1 is 0.923 bits per heavy atom. The molecule has 1 aromatic heterocycles. The van der Waals surface area contributed by atoms with Crippen molar-refractivity contribution in [1.29, 1.82) is 0 Å². The number of aryl methyl sites for hydroxylation is 1. The first-order valence-electron chi connectivity index (χ1n) is 9.39. The van der Waals surface area contributed by atoms with Crippen LogP contribution < -0.4 is 5.32 Å². The standard InChI is InChI=1S/C20H23Cl2N3O/c21-13-9-12(10-14(22)11-13)19-24-18-4-2-1-3-17(18)20(25-19)23-15-5-7-16(26)8-6-15/h9-11,15-16,26H,1-8H2,(H,23,24,25)/t15-,16-. The molecule has 1 heterocycles. The molecule has 1 saturated carbocycles. The van der Waals surface area contributed by atoms with Crippen molar-refractivity contribution >= 4 is 29.0 Å². The molecule has 0 unspecified atom stereocenters. The van der Waals surface area contributed by atoms with Crippen LogP contribution in [0.25, 0.3) is 11.4 Å². The van der Waals surface area contributed by atoms with E-state index in [0.717, 1.165) is 62.0 Å². The summed E-state index contributed by atoms with van der Waals surface area (Å²) >= 11 is 12.3. The largest absolute Gasteiger partial charge is 0.393 e. The first-order chi connectivity index (χ1) is 12.6. The molecule has 0 atom stereocenters. The van der Waals surface area contributed by atoms with Gasteiger partial charge in [0.2, 0.25) is 0 Å². The molecular weight excluding hydrogens is 369 g/mol. The van der Waals surface area contributed by atoms with Gasteiger partial charge in [0.05, 0.1) is 6.10 Å². The summed E-state index contributed by atoms with van der Waals surface area (Å²) in [4.78, 5) is 9.67. The van der Waals surface area contributed by atoms with Crippen LogP contribution in [0.15, 0.2) is 18.2 Å². The molecule has 138 valence electrons. The molecular formula is C20H23Cl2N3O. The number of aromatic nitrogens is 2. The number of anilines is 1. The highest BCUT2D eigenvalue weighted by molar-refractivity contribution is 6.35. The van der Waals surface area contributed by atoms with Crippen LogP contribution in [0.4, 0.5) is 5.82 Å². The maximum atomic E-state index is 9.75. The summed E-state index contributed by atoms with van der Waals surface area (Å²) in [7, 11) is 0. The highest BCUT2D eigenvalue weighted by Crippen LogP contribution is 2.32. The van der Waals surface area contributed by atoms with E-state index in [1.54, 1.807) is 6.07 Å². The van der Waals surface area contributed by atoms with Crippen LogP contribution in [0.5, 0.6) is 0 Å². The van der Waals surface area contributed by atoms with E-state index in [-0.39, 0.29) is 6.10 Å². The van der Waals surface area contributed by atoms with Gasteiger partial charge in [0.15, 0.2) is 5.82 Å². The molecule has 6 heteroatoms. The van der Waals surface area contributed by atoms with E-state index in [1.807, 2.05) is 12.1 Å². The lowest BCUT2D eigenvalue weighted by molar-refractivity contribution is 0.126. The highest BCUT2D eigenvalue weighted by atomic mass is 35.5. The van der Waals surface area contributed by atoms with Crippen molar-refractivity contribution in [1.82, 2.24) is 9.97 Å². The Bertz CT molecular complexity index is 784. The number of nitrogens with one attached hydrogen (secondary N) is 1. The van der Waals surface area contributed by atoms with Crippen LogP contribution >= 0.6 is 23.2 Å². The number of hydrogen-bond acceptors (Lipinski definition) is 4. The third-order valence-electron chi connectivity index (χ3n) is 5.34. The van der Waals surface area contributed by atoms with Gasteiger partial charge in [-0.1, -0.05) is 23.2 Å². The number of nitrogens with zero attached hydrogens (tertiary/aromatic N) is 2. The summed E-state index contributed by atoms with van der Waals surface area (Å²) in [5.41, 5.74) is 3.23. The fourth-order valence-electron chi connectivity index (χ4n) is 3.94. The van der Waals surface area contributed by atoms with Crippen LogP contribution in [-0.2, 0) is 12.8 Å². The average Bonchev–Trinajstić information content (AvgIpc) is 2.63. The summed E-state index contributed by atoms with van der Waals surface area (Å²) in [6.07, 6.45) is 7.82. The highest BCUT2D eigenvalue weighted by Gasteiger charge is 2.23. The molecule has 0 radical (unpaired) electrons. The molecule has 1 aromatic carbocycles. The summed E-state index contributed by atoms with van der Waals surface area (Å²) < 4.78 is 0. The third kappa shape index (κ3) is 3.98. The molecule has 0 spiro atoms. The van der Waals surface area contributed by atoms with Crippen LogP contribution in [0.3, 0.4) is 0 Å². The Kier molecular flexibility index (Phi) is 5.35. The number of halogens is 2. The first kappa shape index (κ1) is 18.0. The predicted molar refractivity (Wildman–Crippen MR) is 106 cm³/mol. The van der Waals surface area contributed by atoms with Crippen LogP contribution in [-0.4, -0.2) is 27.2 Å². The summed E-state index contributed by atoms with van der Waals surface area (Å²) in [5, 5.41) is 14.6. The molecule has 4 rings (SSSR count). The molecule has 0 saturated heterocycles. The quantitative estimate of drug-likeness (QED) is 0.768. The van der Waals surface area contributed by atoms with Gasteiger partial charge < -0.3 is 10.4 Å². The van der Waals surface area contributed by atoms with Crippen molar-refractivity contribution < 1.29 is 5.11 Å². The fraction of sp³-hybridized carbons (Fsp3) is 0.500. The van der Waals surface area contributed by atoms with E-state index in [1.165, 1.54) is 12.0 Å². The zero-order chi connectivity index (χ0) is 18.1. The topological polar surface area (TPSA) is 58.0 Å². The zero-order valence-electron chi connectivity index (χ0n) is 14.6. The molecule has 2 N–H and O–H groups in total. The van der Waals surface area contributed by atoms with Gasteiger partial charge in [0, 0.05) is 32.9 Å². The van der Waals surface area contributed by atoms with E-state index in [4.69, 9.17) is 33.2 Å². The number of benzene rings is 1. The van der Waals surface area contributed by atoms with Crippen molar-refractivity contribution in [2.45, 2.75) is 63.5 Å². The van der Waals surface area contributed by atoms with Crippen LogP contribution in [0.2, 0.25) is 10.0 Å². The maximum Gasteiger partial charge on any atom is 0.161 e. The SMILES string of the molecule is O[C@H]1CC[C@H](Nc2nc(-c3cc(Cl)cc(Cl)c3)nc3c2CCCC3)CC1. The lowest BCUT2D eigenvalue weighted by Gasteiger charge is -2.28. The Morgan fingerprint density at radius 3 is 2.35 bits per heavy atom. The minimum absolute atomic E-state index is 0.156. The van der Waals surface area contributed by atoms with Gasteiger partial charge in [0.25, 0.3) is 0 Å². The normalized spacial score (nSPS) is 22.7. The smallest absolute Gasteiger partial charge is 0.161 e. The minimum Gasteiger partial charge on any atom is -0.393 e. The molecule has 0 aliphatic heterocycles. The zero-order valence-corrected chi connectivity index (χ0v) is 16.2. The summed E-state index contributed by atoms with van der Waals surface area (Å²) in [6.45, 7) is 0. The number of aliphatic hydroxyl groups excluding tert-OH is 1. The first-order valence-corrected chi connectivity index (χ1v) is 10.1. The lowest BCUT2D eigenvalue weighted by atomic mass is 9.92. The van der Waals surface area contributed by atoms with Gasteiger partial charge in [-0.05, 0) is 69.6 Å². The van der Waals surface area contributed by atoms with E-state index < -0.39 is 0 Å². The molecule has 2 aromatic rings. The van der Waals surface area contributed by atoms with Gasteiger partial charge in [0.1, 0.15) is 5.82 Å². The van der Waals surface area contributed by atoms with E-state index >= 15 is 0 Å². The average molecular weight is 392 g/mol. The Morgan fingerprint density at radius 2 is 1.62 bits per heavy atom. The van der Waals surface area contributed by atoms with Gasteiger partial charge in [-0.15, -0.1) is 0 Å². The van der Waals surface area contributed by atoms with Crippen molar-refractivity contribution in [3.63, 3.8) is 0 Å². The van der Waals surface area contributed by atoms with Crippen LogP contribution in [0.1, 0.15) is 49.8 Å². The summed E-state index contributed by atoms with van der Waals surface area (Å²) in [5.74, 6) is 1.62. The van der Waals surface area contributed by atoms with Crippen molar-refractivity contribution in [3.05, 3.63) is 39.5 Å². The minimum atomic E-state index is -0.156. The fourth-order valence-corrected chi connectivity index (χ4v) is 4.47. The third-order valence-corrected chi connectivity index (χ3v) is 5.78. The van der Waals surface area contributed by atoms with Crippen molar-refractivity contribution in [3.8, 4) is 11.4 Å². The lowest BCUT2D eigenvalue weighted by Crippen LogP contribution is -2.29. The van der Waals surface area contributed by atoms with Gasteiger partial charge in [-0.2, -0.15) is 0 Å². The molecule has 0 bridgehead atoms. The maximum absolute atomic E-state index is 9.75. The molecule has 2 aliphatic carbocycles. The second-order valence-corrected chi connectivity index (χ2v) is 8.21. The number of fused-ring (bicyclic) bond motifs is 1. The monoisotopic (exact) mass is 391 g/mol. The van der Waals surface area contributed by atoms with Crippen molar-refractivity contribution in [2.75, 3.05) is 5.32 Å². The van der Waals surface area contributed by atoms with Gasteiger partial charge >= 0.3 is 0 Å². The van der Waals surface area contributed by atoms with Gasteiger partial charge in [-0.25, -0.2) is 9.97 Å². The Hall–Kier alpha value is -1.36. The number of rotatable bonds is 3.